The maximum atomic E-state index is 12.2. The highest BCUT2D eigenvalue weighted by molar-refractivity contribution is 7.14. The van der Waals surface area contributed by atoms with Gasteiger partial charge in [0.1, 0.15) is 0 Å². The van der Waals surface area contributed by atoms with Crippen LogP contribution in [0.2, 0.25) is 0 Å². The van der Waals surface area contributed by atoms with E-state index in [0.717, 1.165) is 16.8 Å². The van der Waals surface area contributed by atoms with E-state index >= 15 is 0 Å². The molecule has 0 fully saturated rings. The molecule has 3 rings (SSSR count). The van der Waals surface area contributed by atoms with Crippen molar-refractivity contribution in [2.24, 2.45) is 0 Å². The number of nitrogens with one attached hydrogen (secondary N) is 2. The molecule has 0 saturated heterocycles. The predicted octanol–water partition coefficient (Wildman–Crippen LogP) is 2.07. The lowest BCUT2D eigenvalue weighted by atomic mass is 10.1. The molecule has 2 aromatic heterocycles. The van der Waals surface area contributed by atoms with Crippen molar-refractivity contribution in [2.75, 3.05) is 11.1 Å². The van der Waals surface area contributed by atoms with E-state index in [2.05, 4.69) is 25.6 Å². The Balaban J connectivity index is 1.69. The molecule has 0 aliphatic rings. The summed E-state index contributed by atoms with van der Waals surface area (Å²) in [5.41, 5.74) is 8.35. The van der Waals surface area contributed by atoms with E-state index in [9.17, 15) is 9.59 Å². The van der Waals surface area contributed by atoms with Crippen LogP contribution in [0.15, 0.2) is 42.0 Å². The number of nitrogens with zero attached hydrogens (tertiary/aromatic N) is 3. The summed E-state index contributed by atoms with van der Waals surface area (Å²) < 4.78 is 0. The number of aromatic nitrogens is 3. The molecule has 0 radical (unpaired) electrons. The van der Waals surface area contributed by atoms with Crippen LogP contribution < -0.4 is 16.4 Å². The fourth-order valence-corrected chi connectivity index (χ4v) is 2.88. The second-order valence-electron chi connectivity index (χ2n) is 5.39. The third-order valence-corrected chi connectivity index (χ3v) is 4.22. The highest BCUT2D eigenvalue weighted by Crippen LogP contribution is 2.25. The Bertz CT molecular complexity index is 938. The van der Waals surface area contributed by atoms with Crippen LogP contribution in [-0.4, -0.2) is 26.8 Å². The molecule has 0 unspecified atom stereocenters. The summed E-state index contributed by atoms with van der Waals surface area (Å²) in [5, 5.41) is 7.71. The summed E-state index contributed by atoms with van der Waals surface area (Å²) in [6, 6.07) is 7.67. The van der Waals surface area contributed by atoms with Crippen molar-refractivity contribution in [3.8, 4) is 11.3 Å². The smallest absolute Gasteiger partial charge is 0.279 e. The van der Waals surface area contributed by atoms with Gasteiger partial charge in [0, 0.05) is 36.8 Å². The first kappa shape index (κ1) is 17.5. The Hall–Kier alpha value is -3.33. The highest BCUT2D eigenvalue weighted by atomic mass is 32.1. The van der Waals surface area contributed by atoms with Gasteiger partial charge in [-0.2, -0.15) is 0 Å². The van der Waals surface area contributed by atoms with Crippen molar-refractivity contribution in [1.29, 1.82) is 0 Å². The van der Waals surface area contributed by atoms with E-state index in [0.29, 0.717) is 11.7 Å². The highest BCUT2D eigenvalue weighted by Gasteiger charge is 2.14. The fraction of sp³-hybridized carbons (Fsp3) is 0.118. The molecular formula is C17H16N6O2S. The molecule has 4 N–H and O–H groups in total. The number of carbonyl (C=O) groups excluding carboxylic acids is 2. The van der Waals surface area contributed by atoms with Gasteiger partial charge in [-0.1, -0.05) is 24.3 Å². The average Bonchev–Trinajstić information content (AvgIpc) is 3.09. The molecular weight excluding hydrogens is 352 g/mol. The van der Waals surface area contributed by atoms with Crippen LogP contribution in [0.3, 0.4) is 0 Å². The predicted molar refractivity (Wildman–Crippen MR) is 99.5 cm³/mol. The minimum absolute atomic E-state index is 0.0616. The molecule has 9 heteroatoms. The molecule has 1 aromatic carbocycles. The second kappa shape index (κ2) is 7.70. The number of benzene rings is 1. The van der Waals surface area contributed by atoms with Crippen LogP contribution in [0.4, 0.5) is 10.9 Å². The van der Waals surface area contributed by atoms with Gasteiger partial charge in [0.2, 0.25) is 5.91 Å². The number of anilines is 2. The Kier molecular flexibility index (Phi) is 5.18. The number of nitrogen functional groups attached to an aromatic ring is 1. The van der Waals surface area contributed by atoms with Gasteiger partial charge in [0.15, 0.2) is 16.6 Å². The standard InChI is InChI=1S/C17H16N6O2S/c1-10(24)21-8-11-2-4-12(5-3-11)13-9-26-17(22-13)23-16(25)14-15(18)20-7-6-19-14/h2-7,9H,8H2,1H3,(H2,18,20)(H,21,24)(H,22,23,25). The molecule has 8 nitrogen and oxygen atoms in total. The molecule has 2 amide bonds. The first-order valence-corrected chi connectivity index (χ1v) is 8.58. The zero-order valence-corrected chi connectivity index (χ0v) is 14.7. The lowest BCUT2D eigenvalue weighted by molar-refractivity contribution is -0.119. The summed E-state index contributed by atoms with van der Waals surface area (Å²) >= 11 is 1.30. The van der Waals surface area contributed by atoms with E-state index in [1.807, 2.05) is 29.6 Å². The first-order valence-electron chi connectivity index (χ1n) is 7.70. The zero-order valence-electron chi connectivity index (χ0n) is 13.9. The van der Waals surface area contributed by atoms with Gasteiger partial charge >= 0.3 is 0 Å². The normalized spacial score (nSPS) is 10.3. The monoisotopic (exact) mass is 368 g/mol. The van der Waals surface area contributed by atoms with E-state index in [4.69, 9.17) is 5.73 Å². The lowest BCUT2D eigenvalue weighted by Crippen LogP contribution is -2.18. The van der Waals surface area contributed by atoms with Gasteiger partial charge in [-0.15, -0.1) is 11.3 Å². The molecule has 0 atom stereocenters. The van der Waals surface area contributed by atoms with E-state index in [1.165, 1.54) is 30.7 Å². The SMILES string of the molecule is CC(=O)NCc1ccc(-c2csc(NC(=O)c3nccnc3N)n2)cc1. The number of thiazole rings is 1. The van der Waals surface area contributed by atoms with Crippen molar-refractivity contribution in [1.82, 2.24) is 20.3 Å². The van der Waals surface area contributed by atoms with E-state index < -0.39 is 5.91 Å². The van der Waals surface area contributed by atoms with Gasteiger partial charge in [-0.05, 0) is 5.56 Å². The third-order valence-electron chi connectivity index (χ3n) is 3.46. The maximum Gasteiger partial charge on any atom is 0.279 e. The number of carbonyl (C=O) groups is 2. The topological polar surface area (TPSA) is 123 Å². The summed E-state index contributed by atoms with van der Waals surface area (Å²) in [6.45, 7) is 1.96. The minimum Gasteiger partial charge on any atom is -0.382 e. The number of amides is 2. The van der Waals surface area contributed by atoms with Gasteiger partial charge in [0.25, 0.3) is 5.91 Å². The van der Waals surface area contributed by atoms with E-state index in [-0.39, 0.29) is 17.4 Å². The Morgan fingerprint density at radius 1 is 1.15 bits per heavy atom. The molecule has 0 bridgehead atoms. The number of hydrogen-bond acceptors (Lipinski definition) is 7. The molecule has 26 heavy (non-hydrogen) atoms. The third kappa shape index (κ3) is 4.19. The van der Waals surface area contributed by atoms with Crippen molar-refractivity contribution >= 4 is 34.1 Å². The fourth-order valence-electron chi connectivity index (χ4n) is 2.16. The largest absolute Gasteiger partial charge is 0.382 e. The molecule has 132 valence electrons. The van der Waals surface area contributed by atoms with Crippen LogP contribution >= 0.6 is 11.3 Å². The van der Waals surface area contributed by atoms with Crippen molar-refractivity contribution < 1.29 is 9.59 Å². The Labute approximate surface area is 153 Å². The summed E-state index contributed by atoms with van der Waals surface area (Å²) in [6.07, 6.45) is 2.82. The van der Waals surface area contributed by atoms with Crippen molar-refractivity contribution in [2.45, 2.75) is 13.5 Å². The Morgan fingerprint density at radius 3 is 2.58 bits per heavy atom. The van der Waals surface area contributed by atoms with Crippen molar-refractivity contribution in [3.05, 3.63) is 53.3 Å². The summed E-state index contributed by atoms with van der Waals surface area (Å²) in [4.78, 5) is 35.3. The first-order chi connectivity index (χ1) is 12.5. The van der Waals surface area contributed by atoms with Gasteiger partial charge in [0.05, 0.1) is 5.69 Å². The van der Waals surface area contributed by atoms with Gasteiger partial charge in [-0.3, -0.25) is 14.9 Å². The summed E-state index contributed by atoms with van der Waals surface area (Å²) in [7, 11) is 0. The quantitative estimate of drug-likeness (QED) is 0.633. The van der Waals surface area contributed by atoms with Crippen LogP contribution in [0.1, 0.15) is 23.0 Å². The van der Waals surface area contributed by atoms with Crippen LogP contribution in [-0.2, 0) is 11.3 Å². The molecule has 0 spiro atoms. The van der Waals surface area contributed by atoms with Gasteiger partial charge in [-0.25, -0.2) is 15.0 Å². The summed E-state index contributed by atoms with van der Waals surface area (Å²) in [5.74, 6) is -0.462. The lowest BCUT2D eigenvalue weighted by Gasteiger charge is -2.04. The average molecular weight is 368 g/mol. The van der Waals surface area contributed by atoms with E-state index in [1.54, 1.807) is 0 Å². The maximum absolute atomic E-state index is 12.2. The molecule has 0 saturated carbocycles. The number of hydrogen-bond donors (Lipinski definition) is 3. The molecule has 2 heterocycles. The van der Waals surface area contributed by atoms with Crippen LogP contribution in [0.5, 0.6) is 0 Å². The minimum atomic E-state index is -0.456. The van der Waals surface area contributed by atoms with Gasteiger partial charge < -0.3 is 11.1 Å². The van der Waals surface area contributed by atoms with Crippen LogP contribution in [0.25, 0.3) is 11.3 Å². The molecule has 0 aliphatic heterocycles. The van der Waals surface area contributed by atoms with Crippen LogP contribution in [0, 0.1) is 0 Å². The number of rotatable bonds is 5. The Morgan fingerprint density at radius 2 is 1.88 bits per heavy atom. The van der Waals surface area contributed by atoms with Crippen molar-refractivity contribution in [3.63, 3.8) is 0 Å². The zero-order chi connectivity index (χ0) is 18.5. The number of nitrogens with two attached hydrogens (primary N) is 1. The molecule has 3 aromatic rings. The second-order valence-corrected chi connectivity index (χ2v) is 6.25. The molecule has 0 aliphatic carbocycles.